The number of carbonyl (C=O) groups excluding carboxylic acids is 1. The number of urea groups is 1. The molecule has 1 heterocycles. The summed E-state index contributed by atoms with van der Waals surface area (Å²) < 4.78 is 30.5. The van der Waals surface area contributed by atoms with Gasteiger partial charge in [0.2, 0.25) is 0 Å². The molecule has 9 heteroatoms. The zero-order valence-corrected chi connectivity index (χ0v) is 15.9. The van der Waals surface area contributed by atoms with Gasteiger partial charge in [0.05, 0.1) is 28.3 Å². The summed E-state index contributed by atoms with van der Waals surface area (Å²) in [5, 5.41) is 15.2. The maximum Gasteiger partial charge on any atom is 0.319 e. The van der Waals surface area contributed by atoms with Crippen LogP contribution >= 0.6 is 11.6 Å². The van der Waals surface area contributed by atoms with Crippen LogP contribution < -0.4 is 10.6 Å². The summed E-state index contributed by atoms with van der Waals surface area (Å²) in [6.45, 7) is 0. The number of fused-ring (bicyclic) bond motifs is 1. The highest BCUT2D eigenvalue weighted by Gasteiger charge is 2.40. The molecule has 0 spiro atoms. The number of sulfone groups is 1. The van der Waals surface area contributed by atoms with Crippen LogP contribution in [-0.2, 0) is 16.3 Å². The smallest absolute Gasteiger partial charge is 0.319 e. The Balaban J connectivity index is 1.54. The molecule has 27 heavy (non-hydrogen) atoms. The zero-order chi connectivity index (χ0) is 19.2. The highest BCUT2D eigenvalue weighted by atomic mass is 35.5. The van der Waals surface area contributed by atoms with E-state index in [0.29, 0.717) is 12.8 Å². The molecule has 144 valence electrons. The van der Waals surface area contributed by atoms with Gasteiger partial charge in [0.25, 0.3) is 0 Å². The quantitative estimate of drug-likeness (QED) is 0.664. The largest absolute Gasteiger partial charge is 0.504 e. The van der Waals surface area contributed by atoms with Crippen LogP contribution in [0, 0.1) is 0 Å². The average Bonchev–Trinajstić information content (AvgIpc) is 3.36. The van der Waals surface area contributed by atoms with Gasteiger partial charge in [-0.1, -0.05) is 11.6 Å². The topological polar surface area (TPSA) is 109 Å². The summed E-state index contributed by atoms with van der Waals surface area (Å²) >= 11 is 6.01. The van der Waals surface area contributed by atoms with Crippen LogP contribution in [0.3, 0.4) is 0 Å². The van der Waals surface area contributed by atoms with E-state index in [4.69, 9.17) is 16.0 Å². The second kappa shape index (κ2) is 6.76. The van der Waals surface area contributed by atoms with E-state index in [0.717, 1.165) is 30.6 Å². The van der Waals surface area contributed by atoms with Crippen LogP contribution in [0.1, 0.15) is 43.0 Å². The number of phenols is 1. The molecule has 1 atom stereocenters. The highest BCUT2D eigenvalue weighted by molar-refractivity contribution is 7.92. The van der Waals surface area contributed by atoms with Crippen molar-refractivity contribution in [2.75, 3.05) is 5.32 Å². The molecule has 2 aromatic rings. The number of carbonyl (C=O) groups is 1. The fourth-order valence-corrected chi connectivity index (χ4v) is 5.69. The van der Waals surface area contributed by atoms with Gasteiger partial charge < -0.3 is 20.2 Å². The van der Waals surface area contributed by atoms with Crippen molar-refractivity contribution in [2.45, 2.75) is 48.3 Å². The molecule has 1 unspecified atom stereocenters. The van der Waals surface area contributed by atoms with E-state index in [-0.39, 0.29) is 21.6 Å². The van der Waals surface area contributed by atoms with Gasteiger partial charge >= 0.3 is 6.03 Å². The lowest BCUT2D eigenvalue weighted by molar-refractivity contribution is 0.244. The number of benzene rings is 1. The number of nitrogens with one attached hydrogen (secondary N) is 2. The molecule has 0 saturated heterocycles. The number of aryl methyl sites for hydroxylation is 1. The number of furan rings is 1. The van der Waals surface area contributed by atoms with Crippen molar-refractivity contribution in [2.24, 2.45) is 0 Å². The molecule has 0 radical (unpaired) electrons. The summed E-state index contributed by atoms with van der Waals surface area (Å²) in [7, 11) is -3.71. The van der Waals surface area contributed by atoms with Gasteiger partial charge in [0, 0.05) is 0 Å². The number of amides is 2. The molecule has 2 amide bonds. The summed E-state index contributed by atoms with van der Waals surface area (Å²) in [5.41, 5.74) is 1.06. The fraction of sp³-hybridized carbons (Fsp3) is 0.389. The normalized spacial score (nSPS) is 19.4. The Morgan fingerprint density at radius 2 is 2.00 bits per heavy atom. The van der Waals surface area contributed by atoms with E-state index in [1.807, 2.05) is 6.07 Å². The van der Waals surface area contributed by atoms with Gasteiger partial charge in [-0.15, -0.1) is 0 Å². The molecular weight excluding hydrogens is 392 g/mol. The van der Waals surface area contributed by atoms with Crippen LogP contribution in [-0.4, -0.2) is 24.8 Å². The standard InChI is InChI=1S/C18H19ClN2O5S/c19-12-6-7-13(15(22)17(12)27(24,25)11-4-5-11)20-18(23)21-14-3-1-2-10-8-9-26-16(10)14/h6-9,11,14,22H,1-5H2,(H2,20,21,23). The van der Waals surface area contributed by atoms with Crippen LogP contribution in [0.25, 0.3) is 0 Å². The average molecular weight is 411 g/mol. The number of rotatable bonds is 4. The molecule has 1 saturated carbocycles. The number of halogens is 1. The first-order valence-electron chi connectivity index (χ1n) is 8.77. The van der Waals surface area contributed by atoms with Crippen molar-refractivity contribution in [1.29, 1.82) is 0 Å². The maximum atomic E-state index is 12.5. The maximum absolute atomic E-state index is 12.5. The van der Waals surface area contributed by atoms with Gasteiger partial charge in [-0.25, -0.2) is 13.2 Å². The SMILES string of the molecule is O=C(Nc1ccc(Cl)c(S(=O)(=O)C2CC2)c1O)NC1CCCc2ccoc21. The van der Waals surface area contributed by atoms with Crippen molar-refractivity contribution >= 4 is 33.2 Å². The van der Waals surface area contributed by atoms with Crippen LogP contribution in [0.5, 0.6) is 5.75 Å². The second-order valence-corrected chi connectivity index (χ2v) is 9.44. The summed E-state index contributed by atoms with van der Waals surface area (Å²) in [6, 6.07) is 3.80. The van der Waals surface area contributed by atoms with Gasteiger partial charge in [0.15, 0.2) is 15.6 Å². The Bertz CT molecular complexity index is 997. The molecule has 3 N–H and O–H groups in total. The second-order valence-electron chi connectivity index (χ2n) is 6.87. The number of phenolic OH excluding ortho intramolecular Hbond substituents is 1. The minimum atomic E-state index is -3.71. The van der Waals surface area contributed by atoms with E-state index in [1.54, 1.807) is 6.26 Å². The molecule has 1 fully saturated rings. The third-order valence-electron chi connectivity index (χ3n) is 4.92. The van der Waals surface area contributed by atoms with Crippen molar-refractivity contribution < 1.29 is 22.7 Å². The number of aromatic hydroxyl groups is 1. The van der Waals surface area contributed by atoms with Crippen LogP contribution in [0.2, 0.25) is 5.02 Å². The first-order chi connectivity index (χ1) is 12.9. The minimum Gasteiger partial charge on any atom is -0.504 e. The van der Waals surface area contributed by atoms with Crippen molar-refractivity contribution in [3.63, 3.8) is 0 Å². The van der Waals surface area contributed by atoms with Gasteiger partial charge in [-0.05, 0) is 55.9 Å². The summed E-state index contributed by atoms with van der Waals surface area (Å²) in [5.74, 6) is 0.195. The molecule has 1 aromatic carbocycles. The zero-order valence-electron chi connectivity index (χ0n) is 14.4. The Hall–Kier alpha value is -2.19. The van der Waals surface area contributed by atoms with Crippen LogP contribution in [0.4, 0.5) is 10.5 Å². The van der Waals surface area contributed by atoms with Crippen LogP contribution in [0.15, 0.2) is 33.8 Å². The first-order valence-corrected chi connectivity index (χ1v) is 10.7. The summed E-state index contributed by atoms with van der Waals surface area (Å²) in [6.07, 6.45) is 5.26. The summed E-state index contributed by atoms with van der Waals surface area (Å²) in [4.78, 5) is 12.1. The molecule has 7 nitrogen and oxygen atoms in total. The molecule has 4 rings (SSSR count). The molecule has 2 aliphatic rings. The van der Waals surface area contributed by atoms with Crippen molar-refractivity contribution in [3.05, 3.63) is 40.8 Å². The Labute approximate surface area is 161 Å². The minimum absolute atomic E-state index is 0.00778. The van der Waals surface area contributed by atoms with E-state index >= 15 is 0 Å². The van der Waals surface area contributed by atoms with Crippen molar-refractivity contribution in [1.82, 2.24) is 5.32 Å². The number of hydrogen-bond donors (Lipinski definition) is 3. The Kier molecular flexibility index (Phi) is 4.55. The van der Waals surface area contributed by atoms with Gasteiger partial charge in [-0.2, -0.15) is 0 Å². The van der Waals surface area contributed by atoms with E-state index in [2.05, 4.69) is 10.6 Å². The lowest BCUT2D eigenvalue weighted by Crippen LogP contribution is -2.34. The van der Waals surface area contributed by atoms with Gasteiger partial charge in [0.1, 0.15) is 10.7 Å². The fourth-order valence-electron chi connectivity index (χ4n) is 3.40. The number of anilines is 1. The monoisotopic (exact) mass is 410 g/mol. The molecular formula is C18H19ClN2O5S. The third kappa shape index (κ3) is 3.39. The molecule has 1 aromatic heterocycles. The predicted octanol–water partition coefficient (Wildman–Crippen LogP) is 3.77. The number of hydrogen-bond acceptors (Lipinski definition) is 5. The lowest BCUT2D eigenvalue weighted by Gasteiger charge is -2.22. The molecule has 0 bridgehead atoms. The molecule has 0 aliphatic heterocycles. The van der Waals surface area contributed by atoms with E-state index in [9.17, 15) is 18.3 Å². The first kappa shape index (κ1) is 18.2. The lowest BCUT2D eigenvalue weighted by atomic mass is 9.94. The van der Waals surface area contributed by atoms with E-state index in [1.165, 1.54) is 12.1 Å². The van der Waals surface area contributed by atoms with Gasteiger partial charge in [-0.3, -0.25) is 0 Å². The Morgan fingerprint density at radius 3 is 2.74 bits per heavy atom. The molecule has 2 aliphatic carbocycles. The van der Waals surface area contributed by atoms with Crippen molar-refractivity contribution in [3.8, 4) is 5.75 Å². The highest BCUT2D eigenvalue weighted by Crippen LogP contribution is 2.43. The Morgan fingerprint density at radius 1 is 1.22 bits per heavy atom. The third-order valence-corrected chi connectivity index (χ3v) is 7.68. The van der Waals surface area contributed by atoms with E-state index < -0.39 is 26.9 Å². The predicted molar refractivity (Wildman–Crippen MR) is 99.9 cm³/mol.